The van der Waals surface area contributed by atoms with Crippen molar-refractivity contribution < 1.29 is 0 Å². The van der Waals surface area contributed by atoms with Crippen LogP contribution in [-0.4, -0.2) is 29.3 Å². The van der Waals surface area contributed by atoms with Gasteiger partial charge in [-0.25, -0.2) is 0 Å². The van der Waals surface area contributed by atoms with Crippen LogP contribution in [-0.2, 0) is 0 Å². The van der Waals surface area contributed by atoms with Gasteiger partial charge in [-0.2, -0.15) is 5.10 Å². The van der Waals surface area contributed by atoms with Gasteiger partial charge in [0.25, 0.3) is 0 Å². The van der Waals surface area contributed by atoms with Crippen LogP contribution in [0.3, 0.4) is 0 Å². The lowest BCUT2D eigenvalue weighted by molar-refractivity contribution is 0.479. The lowest BCUT2D eigenvalue weighted by Crippen LogP contribution is -2.35. The molecule has 17 heavy (non-hydrogen) atoms. The normalized spacial score (nSPS) is 17.5. The minimum atomic E-state index is 0.598. The van der Waals surface area contributed by atoms with Gasteiger partial charge in [0.1, 0.15) is 0 Å². The largest absolute Gasteiger partial charge is 0.382 e. The van der Waals surface area contributed by atoms with E-state index in [-0.39, 0.29) is 0 Å². The van der Waals surface area contributed by atoms with Crippen LogP contribution >= 0.6 is 0 Å². The Morgan fingerprint density at radius 1 is 1.29 bits per heavy atom. The zero-order valence-electron chi connectivity index (χ0n) is 10.1. The van der Waals surface area contributed by atoms with Gasteiger partial charge in [-0.1, -0.05) is 0 Å². The van der Waals surface area contributed by atoms with Crippen molar-refractivity contribution in [3.05, 3.63) is 23.9 Å². The first kappa shape index (κ1) is 10.6. The number of nitrogens with one attached hydrogen (secondary N) is 3. The number of hydrogen-bond acceptors (Lipinski definition) is 3. The van der Waals surface area contributed by atoms with Gasteiger partial charge in [-0.3, -0.25) is 5.10 Å². The van der Waals surface area contributed by atoms with Gasteiger partial charge in [-0.15, -0.1) is 0 Å². The first-order valence-corrected chi connectivity index (χ1v) is 6.25. The molecule has 0 radical (unpaired) electrons. The second-order valence-corrected chi connectivity index (χ2v) is 4.74. The maximum atomic E-state index is 4.22. The number of hydrogen-bond donors (Lipinski definition) is 3. The standard InChI is InChI=1S/C13H18N4/c1-9-12-8-11(2-3-13(12)17-16-9)15-10-4-6-14-7-5-10/h2-3,8,10,14-15H,4-7H2,1H3,(H,16,17). The molecule has 2 aromatic rings. The molecule has 1 aromatic carbocycles. The third-order valence-electron chi connectivity index (χ3n) is 3.46. The molecule has 0 aliphatic carbocycles. The van der Waals surface area contributed by atoms with Crippen LogP contribution in [0.4, 0.5) is 5.69 Å². The summed E-state index contributed by atoms with van der Waals surface area (Å²) in [6, 6.07) is 7.01. The van der Waals surface area contributed by atoms with E-state index in [1.165, 1.54) is 23.9 Å². The lowest BCUT2D eigenvalue weighted by atomic mass is 10.1. The number of aromatic nitrogens is 2. The van der Waals surface area contributed by atoms with Crippen molar-refractivity contribution in [3.63, 3.8) is 0 Å². The Bertz CT molecular complexity index is 511. The predicted octanol–water partition coefficient (Wildman–Crippen LogP) is 2.04. The van der Waals surface area contributed by atoms with E-state index in [2.05, 4.69) is 39.0 Å². The molecule has 1 aliphatic heterocycles. The van der Waals surface area contributed by atoms with Gasteiger partial charge < -0.3 is 10.6 Å². The third-order valence-corrected chi connectivity index (χ3v) is 3.46. The van der Waals surface area contributed by atoms with Gasteiger partial charge in [0.2, 0.25) is 0 Å². The summed E-state index contributed by atoms with van der Waals surface area (Å²) in [5, 5.41) is 15.5. The smallest absolute Gasteiger partial charge is 0.0670 e. The second kappa shape index (κ2) is 4.37. The fourth-order valence-electron chi connectivity index (χ4n) is 2.44. The number of anilines is 1. The summed E-state index contributed by atoms with van der Waals surface area (Å²) >= 11 is 0. The van der Waals surface area contributed by atoms with Gasteiger partial charge in [0, 0.05) is 17.1 Å². The van der Waals surface area contributed by atoms with Crippen LogP contribution in [0.2, 0.25) is 0 Å². The van der Waals surface area contributed by atoms with Crippen molar-refractivity contribution in [1.82, 2.24) is 15.5 Å². The summed E-state index contributed by atoms with van der Waals surface area (Å²) in [5.74, 6) is 0. The van der Waals surface area contributed by atoms with Crippen molar-refractivity contribution in [2.75, 3.05) is 18.4 Å². The zero-order valence-corrected chi connectivity index (χ0v) is 10.1. The summed E-state index contributed by atoms with van der Waals surface area (Å²) in [6.45, 7) is 4.27. The van der Waals surface area contributed by atoms with E-state index in [4.69, 9.17) is 0 Å². The summed E-state index contributed by atoms with van der Waals surface area (Å²) in [6.07, 6.45) is 2.39. The van der Waals surface area contributed by atoms with Crippen molar-refractivity contribution in [2.24, 2.45) is 0 Å². The zero-order chi connectivity index (χ0) is 11.7. The number of aryl methyl sites for hydroxylation is 1. The molecular formula is C13H18N4. The quantitative estimate of drug-likeness (QED) is 0.740. The minimum absolute atomic E-state index is 0.598. The van der Waals surface area contributed by atoms with Crippen LogP contribution in [0, 0.1) is 6.92 Å². The van der Waals surface area contributed by atoms with E-state index in [0.29, 0.717) is 6.04 Å². The van der Waals surface area contributed by atoms with Crippen molar-refractivity contribution >= 4 is 16.6 Å². The first-order valence-electron chi connectivity index (χ1n) is 6.25. The van der Waals surface area contributed by atoms with Crippen LogP contribution in [0.15, 0.2) is 18.2 Å². The molecule has 3 rings (SSSR count). The highest BCUT2D eigenvalue weighted by atomic mass is 15.1. The molecule has 90 valence electrons. The van der Waals surface area contributed by atoms with E-state index >= 15 is 0 Å². The molecular weight excluding hydrogens is 212 g/mol. The number of aromatic amines is 1. The number of piperidine rings is 1. The van der Waals surface area contributed by atoms with E-state index < -0.39 is 0 Å². The highest BCUT2D eigenvalue weighted by molar-refractivity contribution is 5.84. The Morgan fingerprint density at radius 2 is 2.12 bits per heavy atom. The Labute approximate surface area is 101 Å². The summed E-state index contributed by atoms with van der Waals surface area (Å²) in [4.78, 5) is 0. The Hall–Kier alpha value is -1.55. The molecule has 0 saturated carbocycles. The summed E-state index contributed by atoms with van der Waals surface area (Å²) in [7, 11) is 0. The number of H-pyrrole nitrogens is 1. The lowest BCUT2D eigenvalue weighted by Gasteiger charge is -2.24. The molecule has 3 N–H and O–H groups in total. The van der Waals surface area contributed by atoms with Crippen LogP contribution in [0.25, 0.3) is 10.9 Å². The molecule has 2 heterocycles. The number of rotatable bonds is 2. The van der Waals surface area contributed by atoms with E-state index in [0.717, 1.165) is 24.3 Å². The molecule has 1 saturated heterocycles. The van der Waals surface area contributed by atoms with Gasteiger partial charge in [-0.05, 0) is 51.1 Å². The highest BCUT2D eigenvalue weighted by Gasteiger charge is 2.12. The number of fused-ring (bicyclic) bond motifs is 1. The number of benzene rings is 1. The fraction of sp³-hybridized carbons (Fsp3) is 0.462. The average Bonchev–Trinajstić information content (AvgIpc) is 2.73. The average molecular weight is 230 g/mol. The summed E-state index contributed by atoms with van der Waals surface area (Å²) < 4.78 is 0. The van der Waals surface area contributed by atoms with Crippen molar-refractivity contribution in [3.8, 4) is 0 Å². The molecule has 1 aromatic heterocycles. The van der Waals surface area contributed by atoms with E-state index in [1.807, 2.05) is 6.92 Å². The molecule has 0 amide bonds. The van der Waals surface area contributed by atoms with Gasteiger partial charge in [0.05, 0.1) is 11.2 Å². The monoisotopic (exact) mass is 230 g/mol. The highest BCUT2D eigenvalue weighted by Crippen LogP contribution is 2.21. The second-order valence-electron chi connectivity index (χ2n) is 4.74. The molecule has 0 bridgehead atoms. The SMILES string of the molecule is Cc1n[nH]c2ccc(NC3CCNCC3)cc12. The predicted molar refractivity (Wildman–Crippen MR) is 70.3 cm³/mol. The first-order chi connectivity index (χ1) is 8.33. The van der Waals surface area contributed by atoms with Gasteiger partial charge in [0.15, 0.2) is 0 Å². The van der Waals surface area contributed by atoms with Crippen LogP contribution in [0.1, 0.15) is 18.5 Å². The molecule has 0 unspecified atom stereocenters. The molecule has 1 fully saturated rings. The molecule has 4 nitrogen and oxygen atoms in total. The van der Waals surface area contributed by atoms with Crippen LogP contribution < -0.4 is 10.6 Å². The van der Waals surface area contributed by atoms with E-state index in [1.54, 1.807) is 0 Å². The Kier molecular flexibility index (Phi) is 2.73. The van der Waals surface area contributed by atoms with Crippen molar-refractivity contribution in [1.29, 1.82) is 0 Å². The maximum absolute atomic E-state index is 4.22. The molecule has 0 spiro atoms. The fourth-order valence-corrected chi connectivity index (χ4v) is 2.44. The minimum Gasteiger partial charge on any atom is -0.382 e. The van der Waals surface area contributed by atoms with E-state index in [9.17, 15) is 0 Å². The Balaban J connectivity index is 1.82. The van der Waals surface area contributed by atoms with Gasteiger partial charge >= 0.3 is 0 Å². The van der Waals surface area contributed by atoms with Crippen molar-refractivity contribution in [2.45, 2.75) is 25.8 Å². The van der Waals surface area contributed by atoms with Crippen LogP contribution in [0.5, 0.6) is 0 Å². The summed E-state index contributed by atoms with van der Waals surface area (Å²) in [5.41, 5.74) is 3.38. The molecule has 0 atom stereocenters. The maximum Gasteiger partial charge on any atom is 0.0670 e. The molecule has 4 heteroatoms. The third kappa shape index (κ3) is 2.13. The Morgan fingerprint density at radius 3 is 2.94 bits per heavy atom. The topological polar surface area (TPSA) is 52.7 Å². The molecule has 1 aliphatic rings. The number of nitrogens with zero attached hydrogens (tertiary/aromatic N) is 1.